The number of rotatable bonds is 5. The van der Waals surface area contributed by atoms with Gasteiger partial charge in [-0.05, 0) is 19.4 Å². The number of aromatic hydroxyl groups is 1. The maximum Gasteiger partial charge on any atom is 0.194 e. The highest BCUT2D eigenvalue weighted by Gasteiger charge is 2.29. The molecule has 0 saturated carbocycles. The van der Waals surface area contributed by atoms with Crippen molar-refractivity contribution in [2.24, 2.45) is 4.99 Å². The van der Waals surface area contributed by atoms with Gasteiger partial charge >= 0.3 is 0 Å². The Hall–Kier alpha value is -2.21. The molecule has 1 fully saturated rings. The second kappa shape index (κ2) is 8.25. The van der Waals surface area contributed by atoms with E-state index >= 15 is 0 Å². The highest BCUT2D eigenvalue weighted by atomic mass is 16.5. The lowest BCUT2D eigenvalue weighted by Crippen LogP contribution is -2.42. The lowest BCUT2D eigenvalue weighted by molar-refractivity contribution is 0.259. The maximum atomic E-state index is 10.2. The highest BCUT2D eigenvalue weighted by molar-refractivity contribution is 5.80. The summed E-state index contributed by atoms with van der Waals surface area (Å²) < 4.78 is 5.17. The van der Waals surface area contributed by atoms with Crippen LogP contribution in [0.25, 0.3) is 0 Å². The molecule has 2 aliphatic heterocycles. The second-order valence-electron chi connectivity index (χ2n) is 6.45. The van der Waals surface area contributed by atoms with Crippen LogP contribution in [-0.4, -0.2) is 66.7 Å². The van der Waals surface area contributed by atoms with E-state index in [0.29, 0.717) is 18.3 Å². The third-order valence-electron chi connectivity index (χ3n) is 4.86. The van der Waals surface area contributed by atoms with Gasteiger partial charge in [-0.1, -0.05) is 24.3 Å². The summed E-state index contributed by atoms with van der Waals surface area (Å²) in [5.74, 6) is 1.58. The maximum absolute atomic E-state index is 10.2. The Kier molecular flexibility index (Phi) is 5.81. The summed E-state index contributed by atoms with van der Waals surface area (Å²) in [6, 6.07) is 6.10. The van der Waals surface area contributed by atoms with E-state index in [1.165, 1.54) is 0 Å². The molecule has 0 bridgehead atoms. The molecule has 0 aliphatic carbocycles. The molecule has 0 aromatic heterocycles. The first-order valence-corrected chi connectivity index (χ1v) is 9.00. The van der Waals surface area contributed by atoms with Gasteiger partial charge < -0.3 is 20.1 Å². The minimum absolute atomic E-state index is 0.173. The van der Waals surface area contributed by atoms with Gasteiger partial charge in [-0.15, -0.1) is 0 Å². The van der Waals surface area contributed by atoms with E-state index in [-0.39, 0.29) is 5.75 Å². The zero-order chi connectivity index (χ0) is 17.6. The number of phenolic OH excluding ortho intramolecular Hbond substituents is 1. The van der Waals surface area contributed by atoms with E-state index in [9.17, 15) is 5.11 Å². The molecule has 2 heterocycles. The van der Waals surface area contributed by atoms with Crippen molar-refractivity contribution in [3.8, 4) is 11.5 Å². The Bertz CT molecular complexity index is 636. The molecular formula is C19H28N4O2. The van der Waals surface area contributed by atoms with Crippen LogP contribution in [0.3, 0.4) is 0 Å². The van der Waals surface area contributed by atoms with Gasteiger partial charge in [0.15, 0.2) is 17.5 Å². The average Bonchev–Trinajstić information content (AvgIpc) is 3.30. The lowest BCUT2D eigenvalue weighted by Gasteiger charge is -2.25. The third kappa shape index (κ3) is 4.07. The van der Waals surface area contributed by atoms with Crippen molar-refractivity contribution in [3.05, 3.63) is 35.9 Å². The smallest absolute Gasteiger partial charge is 0.194 e. The quantitative estimate of drug-likeness (QED) is 0.485. The van der Waals surface area contributed by atoms with Gasteiger partial charge in [0.05, 0.1) is 13.7 Å². The first-order valence-electron chi connectivity index (χ1n) is 9.00. The Morgan fingerprint density at radius 3 is 2.88 bits per heavy atom. The molecule has 3 rings (SSSR count). The normalized spacial score (nSPS) is 21.1. The van der Waals surface area contributed by atoms with Crippen LogP contribution in [0.2, 0.25) is 0 Å². The number of para-hydroxylation sites is 1. The molecule has 0 amide bonds. The number of hydrogen-bond donors (Lipinski definition) is 2. The number of guanidine groups is 1. The Labute approximate surface area is 149 Å². The number of aliphatic imine (C=N–C) groups is 1. The molecule has 1 unspecified atom stereocenters. The van der Waals surface area contributed by atoms with Gasteiger partial charge in [0.1, 0.15) is 0 Å². The second-order valence-corrected chi connectivity index (χ2v) is 6.45. The van der Waals surface area contributed by atoms with Crippen LogP contribution >= 0.6 is 0 Å². The number of phenols is 1. The van der Waals surface area contributed by atoms with Crippen molar-refractivity contribution in [2.75, 3.05) is 39.8 Å². The SMILES string of the molecule is CCNC(=NCc1cccc(OC)c1O)N1CCC(N2CC=CC2)C1. The summed E-state index contributed by atoms with van der Waals surface area (Å²) in [7, 11) is 1.56. The highest BCUT2D eigenvalue weighted by Crippen LogP contribution is 2.29. The van der Waals surface area contributed by atoms with Crippen molar-refractivity contribution < 1.29 is 9.84 Å². The van der Waals surface area contributed by atoms with Gasteiger partial charge in [-0.3, -0.25) is 4.90 Å². The van der Waals surface area contributed by atoms with Crippen molar-refractivity contribution >= 4 is 5.96 Å². The number of benzene rings is 1. The van der Waals surface area contributed by atoms with E-state index in [1.807, 2.05) is 12.1 Å². The van der Waals surface area contributed by atoms with E-state index in [2.05, 4.69) is 34.2 Å². The largest absolute Gasteiger partial charge is 0.504 e. The number of nitrogens with zero attached hydrogens (tertiary/aromatic N) is 3. The van der Waals surface area contributed by atoms with Crippen molar-refractivity contribution in [2.45, 2.75) is 25.9 Å². The van der Waals surface area contributed by atoms with Crippen LogP contribution in [0, 0.1) is 0 Å². The molecule has 25 heavy (non-hydrogen) atoms. The first kappa shape index (κ1) is 17.6. The van der Waals surface area contributed by atoms with Gasteiger partial charge in [0.2, 0.25) is 0 Å². The Balaban J connectivity index is 1.67. The fourth-order valence-corrected chi connectivity index (χ4v) is 3.47. The average molecular weight is 344 g/mol. The number of hydrogen-bond acceptors (Lipinski definition) is 4. The van der Waals surface area contributed by atoms with Crippen LogP contribution in [0.1, 0.15) is 18.9 Å². The van der Waals surface area contributed by atoms with Gasteiger partial charge in [-0.25, -0.2) is 4.99 Å². The van der Waals surface area contributed by atoms with Crippen LogP contribution in [0.15, 0.2) is 35.3 Å². The molecule has 0 radical (unpaired) electrons. The Morgan fingerprint density at radius 1 is 1.36 bits per heavy atom. The summed E-state index contributed by atoms with van der Waals surface area (Å²) in [6.07, 6.45) is 5.65. The monoisotopic (exact) mass is 344 g/mol. The summed E-state index contributed by atoms with van der Waals surface area (Å²) in [6.45, 7) is 7.46. The lowest BCUT2D eigenvalue weighted by atomic mass is 10.2. The zero-order valence-electron chi connectivity index (χ0n) is 15.1. The van der Waals surface area contributed by atoms with E-state index < -0.39 is 0 Å². The fraction of sp³-hybridized carbons (Fsp3) is 0.526. The number of methoxy groups -OCH3 is 1. The molecule has 0 spiro atoms. The van der Waals surface area contributed by atoms with Crippen LogP contribution < -0.4 is 10.1 Å². The van der Waals surface area contributed by atoms with Crippen LogP contribution in [0.5, 0.6) is 11.5 Å². The molecule has 1 saturated heterocycles. The molecule has 2 aliphatic rings. The predicted molar refractivity (Wildman–Crippen MR) is 100 cm³/mol. The predicted octanol–water partition coefficient (Wildman–Crippen LogP) is 1.81. The van der Waals surface area contributed by atoms with Crippen molar-refractivity contribution in [3.63, 3.8) is 0 Å². The molecule has 6 heteroatoms. The van der Waals surface area contributed by atoms with E-state index in [1.54, 1.807) is 13.2 Å². The van der Waals surface area contributed by atoms with Crippen LogP contribution in [0.4, 0.5) is 0 Å². The molecule has 2 N–H and O–H groups in total. The van der Waals surface area contributed by atoms with E-state index in [4.69, 9.17) is 9.73 Å². The minimum Gasteiger partial charge on any atom is -0.504 e. The van der Waals surface area contributed by atoms with Crippen molar-refractivity contribution in [1.82, 2.24) is 15.1 Å². The third-order valence-corrected chi connectivity index (χ3v) is 4.86. The van der Waals surface area contributed by atoms with Gasteiger partial charge in [-0.2, -0.15) is 0 Å². The molecular weight excluding hydrogens is 316 g/mol. The topological polar surface area (TPSA) is 60.3 Å². The number of nitrogens with one attached hydrogen (secondary N) is 1. The molecule has 1 atom stereocenters. The molecule has 1 aromatic carbocycles. The number of ether oxygens (including phenoxy) is 1. The molecule has 1 aromatic rings. The molecule has 6 nitrogen and oxygen atoms in total. The van der Waals surface area contributed by atoms with Crippen LogP contribution in [-0.2, 0) is 6.54 Å². The summed E-state index contributed by atoms with van der Waals surface area (Å²) in [5, 5.41) is 13.6. The first-order chi connectivity index (χ1) is 12.2. The summed E-state index contributed by atoms with van der Waals surface area (Å²) in [5.41, 5.74) is 0.772. The van der Waals surface area contributed by atoms with E-state index in [0.717, 1.165) is 50.7 Å². The Morgan fingerprint density at radius 2 is 2.16 bits per heavy atom. The summed E-state index contributed by atoms with van der Waals surface area (Å²) in [4.78, 5) is 9.58. The molecule has 136 valence electrons. The van der Waals surface area contributed by atoms with Crippen molar-refractivity contribution in [1.29, 1.82) is 0 Å². The minimum atomic E-state index is 0.173. The zero-order valence-corrected chi connectivity index (χ0v) is 15.1. The van der Waals surface area contributed by atoms with Gasteiger partial charge in [0, 0.05) is 44.3 Å². The fourth-order valence-electron chi connectivity index (χ4n) is 3.47. The summed E-state index contributed by atoms with van der Waals surface area (Å²) >= 11 is 0. The van der Waals surface area contributed by atoms with Gasteiger partial charge in [0.25, 0.3) is 0 Å². The number of likely N-dealkylation sites (tertiary alicyclic amines) is 1. The standard InChI is InChI=1S/C19H28N4O2/c1-3-20-19(21-13-15-7-6-8-17(25-2)18(15)24)23-12-9-16(14-23)22-10-4-5-11-22/h4-8,16,24H,3,9-14H2,1-2H3,(H,20,21).